The first-order valence-corrected chi connectivity index (χ1v) is 8.96. The van der Waals surface area contributed by atoms with Gasteiger partial charge in [-0.15, -0.1) is 0 Å². The Morgan fingerprint density at radius 1 is 1.17 bits per heavy atom. The van der Waals surface area contributed by atoms with Crippen molar-refractivity contribution in [3.63, 3.8) is 0 Å². The number of carbonyl (C=O) groups is 2. The number of rotatable bonds is 6. The molecule has 1 aromatic carbocycles. The lowest BCUT2D eigenvalue weighted by Gasteiger charge is -2.32. The van der Waals surface area contributed by atoms with Crippen LogP contribution in [0.2, 0.25) is 0 Å². The third-order valence-electron chi connectivity index (χ3n) is 4.47. The molecule has 0 aromatic heterocycles. The molecule has 0 unspecified atom stereocenters. The standard InChI is InChI=1S/C19H29N3O2/c1-3-12-20-19(24)21-17-10-13-22(14-11-17)18(23)9-8-16-6-4-15(2)5-7-16/h4-7,17H,3,8-14H2,1-2H3,(H2,20,21,24). The van der Waals surface area contributed by atoms with Crippen molar-refractivity contribution in [3.05, 3.63) is 35.4 Å². The van der Waals surface area contributed by atoms with E-state index in [1.807, 2.05) is 11.8 Å². The number of hydrogen-bond donors (Lipinski definition) is 2. The van der Waals surface area contributed by atoms with Gasteiger partial charge in [-0.1, -0.05) is 36.8 Å². The fraction of sp³-hybridized carbons (Fsp3) is 0.579. The lowest BCUT2D eigenvalue weighted by Crippen LogP contribution is -2.49. The molecule has 2 N–H and O–H groups in total. The summed E-state index contributed by atoms with van der Waals surface area (Å²) in [4.78, 5) is 25.9. The molecule has 132 valence electrons. The molecule has 0 atom stereocenters. The van der Waals surface area contributed by atoms with Gasteiger partial charge in [-0.05, 0) is 38.2 Å². The maximum absolute atomic E-state index is 12.3. The summed E-state index contributed by atoms with van der Waals surface area (Å²) in [6.45, 7) is 6.25. The normalized spacial score (nSPS) is 15.2. The largest absolute Gasteiger partial charge is 0.343 e. The molecule has 0 bridgehead atoms. The van der Waals surface area contributed by atoms with E-state index in [9.17, 15) is 9.59 Å². The number of likely N-dealkylation sites (tertiary alicyclic amines) is 1. The smallest absolute Gasteiger partial charge is 0.315 e. The molecule has 24 heavy (non-hydrogen) atoms. The van der Waals surface area contributed by atoms with Gasteiger partial charge in [0, 0.05) is 32.1 Å². The van der Waals surface area contributed by atoms with Crippen molar-refractivity contribution < 1.29 is 9.59 Å². The Morgan fingerprint density at radius 2 is 1.83 bits per heavy atom. The van der Waals surface area contributed by atoms with Crippen LogP contribution in [0.5, 0.6) is 0 Å². The van der Waals surface area contributed by atoms with Crippen LogP contribution < -0.4 is 10.6 Å². The van der Waals surface area contributed by atoms with Crippen molar-refractivity contribution >= 4 is 11.9 Å². The first-order chi connectivity index (χ1) is 11.6. The average molecular weight is 331 g/mol. The fourth-order valence-electron chi connectivity index (χ4n) is 2.91. The summed E-state index contributed by atoms with van der Waals surface area (Å²) >= 11 is 0. The van der Waals surface area contributed by atoms with Crippen LogP contribution in [0.15, 0.2) is 24.3 Å². The number of piperidine rings is 1. The molecule has 5 heteroatoms. The number of hydrogen-bond acceptors (Lipinski definition) is 2. The minimum absolute atomic E-state index is 0.0963. The summed E-state index contributed by atoms with van der Waals surface area (Å²) in [6.07, 6.45) is 3.93. The lowest BCUT2D eigenvalue weighted by molar-refractivity contribution is -0.132. The van der Waals surface area contributed by atoms with E-state index in [-0.39, 0.29) is 18.0 Å². The van der Waals surface area contributed by atoms with E-state index >= 15 is 0 Å². The van der Waals surface area contributed by atoms with E-state index in [1.54, 1.807) is 0 Å². The molecule has 1 heterocycles. The highest BCUT2D eigenvalue weighted by Gasteiger charge is 2.23. The van der Waals surface area contributed by atoms with Crippen molar-refractivity contribution in [2.24, 2.45) is 0 Å². The topological polar surface area (TPSA) is 61.4 Å². The molecule has 1 aliphatic rings. The van der Waals surface area contributed by atoms with Crippen LogP contribution in [0.25, 0.3) is 0 Å². The van der Waals surface area contributed by atoms with Crippen LogP contribution in [-0.2, 0) is 11.2 Å². The summed E-state index contributed by atoms with van der Waals surface area (Å²) in [5.74, 6) is 0.212. The van der Waals surface area contributed by atoms with E-state index in [0.717, 1.165) is 38.8 Å². The SMILES string of the molecule is CCCNC(=O)NC1CCN(C(=O)CCc2ccc(C)cc2)CC1. The molecule has 0 aliphatic carbocycles. The zero-order valence-corrected chi connectivity index (χ0v) is 14.8. The number of benzene rings is 1. The van der Waals surface area contributed by atoms with Gasteiger partial charge in [0.15, 0.2) is 0 Å². The van der Waals surface area contributed by atoms with Crippen molar-refractivity contribution in [3.8, 4) is 0 Å². The highest BCUT2D eigenvalue weighted by atomic mass is 16.2. The number of amides is 3. The van der Waals surface area contributed by atoms with Crippen LogP contribution in [0.4, 0.5) is 4.79 Å². The Labute approximate surface area is 144 Å². The Morgan fingerprint density at radius 3 is 2.46 bits per heavy atom. The molecule has 1 aliphatic heterocycles. The molecule has 1 saturated heterocycles. The molecule has 0 radical (unpaired) electrons. The third-order valence-corrected chi connectivity index (χ3v) is 4.47. The van der Waals surface area contributed by atoms with Crippen LogP contribution in [0.3, 0.4) is 0 Å². The summed E-state index contributed by atoms with van der Waals surface area (Å²) in [5, 5.41) is 5.81. The Balaban J connectivity index is 1.68. The van der Waals surface area contributed by atoms with Gasteiger partial charge in [-0.2, -0.15) is 0 Å². The second kappa shape index (κ2) is 9.30. The lowest BCUT2D eigenvalue weighted by atomic mass is 10.0. The first-order valence-electron chi connectivity index (χ1n) is 8.96. The van der Waals surface area contributed by atoms with Gasteiger partial charge in [-0.3, -0.25) is 4.79 Å². The third kappa shape index (κ3) is 5.87. The zero-order valence-electron chi connectivity index (χ0n) is 14.8. The van der Waals surface area contributed by atoms with Crippen molar-refractivity contribution in [2.75, 3.05) is 19.6 Å². The van der Waals surface area contributed by atoms with Gasteiger partial charge in [0.05, 0.1) is 0 Å². The van der Waals surface area contributed by atoms with Crippen molar-refractivity contribution in [1.82, 2.24) is 15.5 Å². The van der Waals surface area contributed by atoms with Crippen LogP contribution in [0, 0.1) is 6.92 Å². The molecule has 3 amide bonds. The van der Waals surface area contributed by atoms with E-state index in [4.69, 9.17) is 0 Å². The molecule has 2 rings (SSSR count). The number of urea groups is 1. The second-order valence-corrected chi connectivity index (χ2v) is 6.54. The average Bonchev–Trinajstić information content (AvgIpc) is 2.60. The highest BCUT2D eigenvalue weighted by Crippen LogP contribution is 2.13. The number of nitrogens with one attached hydrogen (secondary N) is 2. The fourth-order valence-corrected chi connectivity index (χ4v) is 2.91. The predicted molar refractivity (Wildman–Crippen MR) is 95.9 cm³/mol. The molecule has 1 aromatic rings. The number of aryl methyl sites for hydroxylation is 2. The summed E-state index contributed by atoms with van der Waals surface area (Å²) in [6, 6.07) is 8.42. The predicted octanol–water partition coefficient (Wildman–Crippen LogP) is 2.63. The van der Waals surface area contributed by atoms with Gasteiger partial charge >= 0.3 is 6.03 Å². The maximum atomic E-state index is 12.3. The molecule has 5 nitrogen and oxygen atoms in total. The Bertz CT molecular complexity index is 534. The summed E-state index contributed by atoms with van der Waals surface area (Å²) in [7, 11) is 0. The molecule has 0 spiro atoms. The van der Waals surface area contributed by atoms with Crippen LogP contribution >= 0.6 is 0 Å². The Hall–Kier alpha value is -2.04. The van der Waals surface area contributed by atoms with Crippen LogP contribution in [0.1, 0.15) is 43.7 Å². The van der Waals surface area contributed by atoms with E-state index < -0.39 is 0 Å². The van der Waals surface area contributed by atoms with Crippen molar-refractivity contribution in [2.45, 2.75) is 52.0 Å². The second-order valence-electron chi connectivity index (χ2n) is 6.54. The van der Waals surface area contributed by atoms with Gasteiger partial charge in [0.2, 0.25) is 5.91 Å². The first kappa shape index (κ1) is 18.3. The molecule has 1 fully saturated rings. The maximum Gasteiger partial charge on any atom is 0.315 e. The summed E-state index contributed by atoms with van der Waals surface area (Å²) in [5.41, 5.74) is 2.45. The number of nitrogens with zero attached hydrogens (tertiary/aromatic N) is 1. The van der Waals surface area contributed by atoms with E-state index in [1.165, 1.54) is 11.1 Å². The highest BCUT2D eigenvalue weighted by molar-refractivity contribution is 5.77. The minimum atomic E-state index is -0.0963. The molecular formula is C19H29N3O2. The van der Waals surface area contributed by atoms with Gasteiger partial charge < -0.3 is 15.5 Å². The zero-order chi connectivity index (χ0) is 17.4. The summed E-state index contributed by atoms with van der Waals surface area (Å²) < 4.78 is 0. The van der Waals surface area contributed by atoms with Crippen LogP contribution in [-0.4, -0.2) is 42.5 Å². The quantitative estimate of drug-likeness (QED) is 0.842. The Kier molecular flexibility index (Phi) is 7.09. The van der Waals surface area contributed by atoms with E-state index in [2.05, 4.69) is 41.8 Å². The number of carbonyl (C=O) groups excluding carboxylic acids is 2. The van der Waals surface area contributed by atoms with Gasteiger partial charge in [0.25, 0.3) is 0 Å². The van der Waals surface area contributed by atoms with E-state index in [0.29, 0.717) is 13.0 Å². The molecular weight excluding hydrogens is 302 g/mol. The molecule has 0 saturated carbocycles. The van der Waals surface area contributed by atoms with Crippen molar-refractivity contribution in [1.29, 1.82) is 0 Å². The van der Waals surface area contributed by atoms with Gasteiger partial charge in [0.1, 0.15) is 0 Å². The van der Waals surface area contributed by atoms with Gasteiger partial charge in [-0.25, -0.2) is 4.79 Å². The minimum Gasteiger partial charge on any atom is -0.343 e. The monoisotopic (exact) mass is 331 g/mol.